The van der Waals surface area contributed by atoms with Crippen LogP contribution in [0.4, 0.5) is 0 Å². The molecule has 0 radical (unpaired) electrons. The third-order valence-corrected chi connectivity index (χ3v) is 5.41. The van der Waals surface area contributed by atoms with Gasteiger partial charge in [0.2, 0.25) is 0 Å². The largest absolute Gasteiger partial charge is 0.335 e. The molecule has 0 spiro atoms. The quantitative estimate of drug-likeness (QED) is 0.380. The van der Waals surface area contributed by atoms with Crippen LogP contribution in [0.25, 0.3) is 0 Å². The molecule has 21 heavy (non-hydrogen) atoms. The molecular weight excluding hydrogens is 292 g/mol. The molecule has 5 atom stereocenters. The molecule has 7 nitrogen and oxygen atoms in total. The molecule has 5 unspecified atom stereocenters. The second-order valence-corrected chi connectivity index (χ2v) is 6.90. The molecule has 5 N–H and O–H groups in total. The normalized spacial score (nSPS) is 42.5. The highest BCUT2D eigenvalue weighted by molar-refractivity contribution is 6.20. The molecule has 4 rings (SSSR count). The van der Waals surface area contributed by atoms with Gasteiger partial charge in [0.25, 0.3) is 5.91 Å². The van der Waals surface area contributed by atoms with Gasteiger partial charge in [-0.05, 0) is 31.6 Å². The average molecular weight is 313 g/mol. The summed E-state index contributed by atoms with van der Waals surface area (Å²) >= 11 is 6.42. The third-order valence-electron chi connectivity index (χ3n) is 5.01. The highest BCUT2D eigenvalue weighted by Crippen LogP contribution is 2.35. The Kier molecular flexibility index (Phi) is 3.45. The molecule has 116 valence electrons. The molecule has 4 aliphatic rings. The first-order chi connectivity index (χ1) is 10.2. The number of alkyl halides is 1. The number of carbonyl (C=O) groups excluding carboxylic acids is 1. The smallest absolute Gasteiger partial charge is 0.271 e. The molecule has 0 aromatic rings. The van der Waals surface area contributed by atoms with Gasteiger partial charge in [-0.1, -0.05) is 0 Å². The van der Waals surface area contributed by atoms with Crippen LogP contribution in [-0.4, -0.2) is 41.2 Å². The van der Waals surface area contributed by atoms with E-state index in [0.29, 0.717) is 30.4 Å². The summed E-state index contributed by atoms with van der Waals surface area (Å²) in [7, 11) is 0. The Balaban J connectivity index is 1.67. The van der Waals surface area contributed by atoms with Crippen LogP contribution in [0.2, 0.25) is 0 Å². The Morgan fingerprint density at radius 3 is 3.05 bits per heavy atom. The standard InChI is InChI=1S/C13H21ClN6O/c14-7-1-2-11-8(3-7)9-4-12(16-6-15-9)17-13(21)10-5-20(11)19-18-10/h5,7-9,11-12,15-16,18-19H,1-4,6H2,(H,17,21). The number of hydrogen-bond donors (Lipinski definition) is 5. The third kappa shape index (κ3) is 2.48. The maximum absolute atomic E-state index is 12.2. The molecule has 2 fully saturated rings. The van der Waals surface area contributed by atoms with E-state index in [2.05, 4.69) is 26.9 Å². The SMILES string of the molecule is O=C1NC2CC(NCN2)C2CC(Cl)CCC2N2C=C1NN2. The van der Waals surface area contributed by atoms with E-state index in [1.54, 1.807) is 0 Å². The van der Waals surface area contributed by atoms with Gasteiger partial charge in [-0.15, -0.1) is 17.1 Å². The van der Waals surface area contributed by atoms with Crippen LogP contribution in [0.5, 0.6) is 0 Å². The number of carbonyl (C=O) groups is 1. The molecule has 1 saturated heterocycles. The lowest BCUT2D eigenvalue weighted by molar-refractivity contribution is -0.119. The van der Waals surface area contributed by atoms with Gasteiger partial charge >= 0.3 is 0 Å². The maximum atomic E-state index is 12.2. The van der Waals surface area contributed by atoms with Crippen molar-refractivity contribution in [2.24, 2.45) is 5.92 Å². The van der Waals surface area contributed by atoms with E-state index in [-0.39, 0.29) is 17.5 Å². The van der Waals surface area contributed by atoms with E-state index < -0.39 is 0 Å². The van der Waals surface area contributed by atoms with Crippen molar-refractivity contribution in [3.8, 4) is 0 Å². The zero-order chi connectivity index (χ0) is 14.4. The van der Waals surface area contributed by atoms with Crippen molar-refractivity contribution in [2.75, 3.05) is 6.67 Å². The molecule has 4 bridgehead atoms. The Morgan fingerprint density at radius 1 is 1.24 bits per heavy atom. The van der Waals surface area contributed by atoms with Gasteiger partial charge in [-0.25, -0.2) is 0 Å². The van der Waals surface area contributed by atoms with E-state index in [1.807, 2.05) is 11.2 Å². The number of hydrogen-bond acceptors (Lipinski definition) is 6. The monoisotopic (exact) mass is 312 g/mol. The van der Waals surface area contributed by atoms with Crippen molar-refractivity contribution in [1.82, 2.24) is 31.9 Å². The van der Waals surface area contributed by atoms with E-state index >= 15 is 0 Å². The molecular formula is C13H21ClN6O. The molecule has 0 aromatic heterocycles. The fraction of sp³-hybridized carbons (Fsp3) is 0.769. The van der Waals surface area contributed by atoms with E-state index in [4.69, 9.17) is 11.6 Å². The summed E-state index contributed by atoms with van der Waals surface area (Å²) in [5.41, 5.74) is 6.66. The van der Waals surface area contributed by atoms with Crippen LogP contribution < -0.4 is 26.9 Å². The second-order valence-electron chi connectivity index (χ2n) is 6.28. The highest BCUT2D eigenvalue weighted by Gasteiger charge is 2.42. The summed E-state index contributed by atoms with van der Waals surface area (Å²) < 4.78 is 0. The van der Waals surface area contributed by atoms with Gasteiger partial charge < -0.3 is 10.6 Å². The number of nitrogens with one attached hydrogen (secondary N) is 5. The Bertz CT molecular complexity index is 472. The summed E-state index contributed by atoms with van der Waals surface area (Å²) in [6, 6.07) is 0.715. The Hall–Kier alpha value is -1.02. The minimum atomic E-state index is -0.0763. The van der Waals surface area contributed by atoms with Crippen molar-refractivity contribution in [2.45, 2.75) is 49.3 Å². The topological polar surface area (TPSA) is 80.5 Å². The minimum absolute atomic E-state index is 0.00921. The molecule has 3 heterocycles. The number of halogens is 1. The van der Waals surface area contributed by atoms with Crippen LogP contribution in [0.15, 0.2) is 11.9 Å². The zero-order valence-electron chi connectivity index (χ0n) is 11.7. The number of fused-ring (bicyclic) bond motifs is 6. The molecule has 1 amide bonds. The van der Waals surface area contributed by atoms with Gasteiger partial charge in [0.1, 0.15) is 5.70 Å². The van der Waals surface area contributed by atoms with Crippen molar-refractivity contribution >= 4 is 17.5 Å². The predicted molar refractivity (Wildman–Crippen MR) is 78.4 cm³/mol. The number of nitrogens with zero attached hydrogens (tertiary/aromatic N) is 1. The fourth-order valence-corrected chi connectivity index (χ4v) is 4.27. The number of hydrazine groups is 2. The first kappa shape index (κ1) is 13.6. The minimum Gasteiger partial charge on any atom is -0.335 e. The zero-order valence-corrected chi connectivity index (χ0v) is 12.5. The van der Waals surface area contributed by atoms with Crippen LogP contribution in [0.1, 0.15) is 25.7 Å². The van der Waals surface area contributed by atoms with E-state index in [0.717, 1.165) is 25.7 Å². The summed E-state index contributed by atoms with van der Waals surface area (Å²) in [6.45, 7) is 0.714. The summed E-state index contributed by atoms with van der Waals surface area (Å²) in [5.74, 6) is 0.387. The summed E-state index contributed by atoms with van der Waals surface area (Å²) in [4.78, 5) is 12.2. The van der Waals surface area contributed by atoms with Crippen LogP contribution in [0, 0.1) is 5.92 Å². The number of amides is 1. The van der Waals surface area contributed by atoms with Gasteiger partial charge in [0, 0.05) is 24.3 Å². The van der Waals surface area contributed by atoms with Crippen LogP contribution in [0.3, 0.4) is 0 Å². The molecule has 3 aliphatic heterocycles. The summed E-state index contributed by atoms with van der Waals surface area (Å²) in [5, 5.41) is 12.2. The van der Waals surface area contributed by atoms with Crippen LogP contribution >= 0.6 is 11.6 Å². The van der Waals surface area contributed by atoms with Crippen LogP contribution in [-0.2, 0) is 4.79 Å². The predicted octanol–water partition coefficient (Wildman–Crippen LogP) is -0.706. The van der Waals surface area contributed by atoms with E-state index in [1.165, 1.54) is 0 Å². The summed E-state index contributed by atoms with van der Waals surface area (Å²) in [6.07, 6.45) is 5.83. The lowest BCUT2D eigenvalue weighted by Crippen LogP contribution is -2.62. The van der Waals surface area contributed by atoms with E-state index in [9.17, 15) is 4.79 Å². The van der Waals surface area contributed by atoms with Crippen molar-refractivity contribution in [3.05, 3.63) is 11.9 Å². The first-order valence-electron chi connectivity index (χ1n) is 7.64. The lowest BCUT2D eigenvalue weighted by Gasteiger charge is -2.45. The van der Waals surface area contributed by atoms with Crippen molar-refractivity contribution in [1.29, 1.82) is 0 Å². The Labute approximate surface area is 128 Å². The average Bonchev–Trinajstić information content (AvgIpc) is 2.96. The molecule has 1 saturated carbocycles. The van der Waals surface area contributed by atoms with Gasteiger partial charge in [-0.2, -0.15) is 0 Å². The second kappa shape index (κ2) is 5.31. The number of rotatable bonds is 0. The Morgan fingerprint density at radius 2 is 2.14 bits per heavy atom. The van der Waals surface area contributed by atoms with Crippen molar-refractivity contribution < 1.29 is 4.79 Å². The first-order valence-corrected chi connectivity index (χ1v) is 8.08. The van der Waals surface area contributed by atoms with Gasteiger partial charge in [-0.3, -0.25) is 20.5 Å². The van der Waals surface area contributed by atoms with Gasteiger partial charge in [0.05, 0.1) is 12.2 Å². The molecule has 8 heteroatoms. The highest BCUT2D eigenvalue weighted by atomic mass is 35.5. The molecule has 0 aromatic carbocycles. The fourth-order valence-electron chi connectivity index (χ4n) is 3.94. The van der Waals surface area contributed by atoms with Crippen molar-refractivity contribution in [3.63, 3.8) is 0 Å². The lowest BCUT2D eigenvalue weighted by atomic mass is 9.77. The maximum Gasteiger partial charge on any atom is 0.271 e. The molecule has 1 aliphatic carbocycles. The van der Waals surface area contributed by atoms with Gasteiger partial charge in [0.15, 0.2) is 0 Å².